The van der Waals surface area contributed by atoms with Gasteiger partial charge in [-0.3, -0.25) is 14.6 Å². The van der Waals surface area contributed by atoms with Gasteiger partial charge >= 0.3 is 0 Å². The molecule has 2 heterocycles. The molecule has 0 saturated heterocycles. The van der Waals surface area contributed by atoms with E-state index in [1.807, 2.05) is 44.2 Å². The van der Waals surface area contributed by atoms with Crippen LogP contribution in [-0.2, 0) is 0 Å². The molecular formula is C20H18N2O2. The molecule has 0 saturated carbocycles. The zero-order valence-electron chi connectivity index (χ0n) is 13.9. The van der Waals surface area contributed by atoms with Crippen molar-refractivity contribution in [3.63, 3.8) is 0 Å². The maximum Gasteiger partial charge on any atom is 0.259 e. The summed E-state index contributed by atoms with van der Waals surface area (Å²) >= 11 is 0. The molecule has 0 spiro atoms. The van der Waals surface area contributed by atoms with Crippen LogP contribution in [0.15, 0.2) is 47.4 Å². The van der Waals surface area contributed by atoms with Crippen molar-refractivity contribution in [1.82, 2.24) is 9.97 Å². The summed E-state index contributed by atoms with van der Waals surface area (Å²) in [7, 11) is 0. The van der Waals surface area contributed by atoms with E-state index in [0.717, 1.165) is 22.2 Å². The molecule has 2 aromatic heterocycles. The van der Waals surface area contributed by atoms with Crippen LogP contribution in [0.25, 0.3) is 17.0 Å². The van der Waals surface area contributed by atoms with Gasteiger partial charge in [-0.25, -0.2) is 0 Å². The number of aryl methyl sites for hydroxylation is 3. The molecule has 0 aliphatic heterocycles. The number of H-pyrrole nitrogens is 1. The van der Waals surface area contributed by atoms with Crippen molar-refractivity contribution in [3.8, 4) is 0 Å². The molecular weight excluding hydrogens is 300 g/mol. The minimum Gasteiger partial charge on any atom is -0.320 e. The minimum atomic E-state index is -0.380. The molecule has 0 atom stereocenters. The highest BCUT2D eigenvalue weighted by atomic mass is 16.1. The van der Waals surface area contributed by atoms with E-state index in [9.17, 15) is 9.59 Å². The number of hydrogen-bond donors (Lipinski definition) is 1. The number of nitrogens with zero attached hydrogens (tertiary/aromatic N) is 1. The molecule has 120 valence electrons. The zero-order valence-corrected chi connectivity index (χ0v) is 13.9. The van der Waals surface area contributed by atoms with Crippen LogP contribution in [0.5, 0.6) is 0 Å². The molecule has 1 N–H and O–H groups in total. The van der Waals surface area contributed by atoms with E-state index in [0.29, 0.717) is 11.1 Å². The number of aromatic nitrogens is 2. The Morgan fingerprint density at radius 1 is 1.08 bits per heavy atom. The van der Waals surface area contributed by atoms with Crippen molar-refractivity contribution in [2.75, 3.05) is 0 Å². The lowest BCUT2D eigenvalue weighted by molar-refractivity contribution is 0.104. The van der Waals surface area contributed by atoms with Gasteiger partial charge in [-0.05, 0) is 44.0 Å². The summed E-state index contributed by atoms with van der Waals surface area (Å²) in [6.45, 7) is 5.63. The Kier molecular flexibility index (Phi) is 4.13. The lowest BCUT2D eigenvalue weighted by Gasteiger charge is -2.07. The van der Waals surface area contributed by atoms with E-state index in [4.69, 9.17) is 0 Å². The first-order valence-electron chi connectivity index (χ1n) is 7.74. The van der Waals surface area contributed by atoms with Gasteiger partial charge in [0.25, 0.3) is 5.56 Å². The normalized spacial score (nSPS) is 11.3. The molecule has 0 bridgehead atoms. The van der Waals surface area contributed by atoms with E-state index >= 15 is 0 Å². The monoisotopic (exact) mass is 318 g/mol. The van der Waals surface area contributed by atoms with Crippen LogP contribution in [0.3, 0.4) is 0 Å². The maximum absolute atomic E-state index is 12.5. The number of ketones is 1. The first kappa shape index (κ1) is 15.9. The van der Waals surface area contributed by atoms with Gasteiger partial charge in [0.15, 0.2) is 5.78 Å². The third kappa shape index (κ3) is 2.91. The van der Waals surface area contributed by atoms with E-state index in [-0.39, 0.29) is 16.9 Å². The predicted molar refractivity (Wildman–Crippen MR) is 96.4 cm³/mol. The second-order valence-electron chi connectivity index (χ2n) is 5.88. The molecule has 0 radical (unpaired) electrons. The maximum atomic E-state index is 12.5. The van der Waals surface area contributed by atoms with Gasteiger partial charge in [-0.1, -0.05) is 35.9 Å². The first-order chi connectivity index (χ1) is 11.5. The van der Waals surface area contributed by atoms with E-state index in [2.05, 4.69) is 9.97 Å². The average Bonchev–Trinajstić information content (AvgIpc) is 2.55. The van der Waals surface area contributed by atoms with Crippen LogP contribution in [0.4, 0.5) is 0 Å². The van der Waals surface area contributed by atoms with Crippen LogP contribution in [0.1, 0.15) is 32.7 Å². The topological polar surface area (TPSA) is 62.8 Å². The van der Waals surface area contributed by atoms with Crippen molar-refractivity contribution in [2.45, 2.75) is 20.8 Å². The lowest BCUT2D eigenvalue weighted by atomic mass is 10.0. The van der Waals surface area contributed by atoms with Crippen molar-refractivity contribution in [1.29, 1.82) is 0 Å². The second kappa shape index (κ2) is 6.24. The number of allylic oxidation sites excluding steroid dienone is 1. The summed E-state index contributed by atoms with van der Waals surface area (Å²) in [6, 6.07) is 9.65. The molecule has 4 heteroatoms. The third-order valence-electron chi connectivity index (χ3n) is 4.14. The minimum absolute atomic E-state index is 0.177. The van der Waals surface area contributed by atoms with Gasteiger partial charge in [0.05, 0.1) is 16.8 Å². The number of fused-ring (bicyclic) bond motifs is 1. The Morgan fingerprint density at radius 3 is 2.50 bits per heavy atom. The second-order valence-corrected chi connectivity index (χ2v) is 5.88. The van der Waals surface area contributed by atoms with Gasteiger partial charge in [-0.2, -0.15) is 0 Å². The van der Waals surface area contributed by atoms with Gasteiger partial charge < -0.3 is 4.98 Å². The van der Waals surface area contributed by atoms with Crippen LogP contribution < -0.4 is 5.56 Å². The number of carbonyl (C=O) groups excluding carboxylic acids is 1. The number of benzene rings is 1. The number of rotatable bonds is 3. The highest BCUT2D eigenvalue weighted by Crippen LogP contribution is 2.19. The highest BCUT2D eigenvalue weighted by Gasteiger charge is 2.15. The van der Waals surface area contributed by atoms with Crippen molar-refractivity contribution in [2.24, 2.45) is 0 Å². The Bertz CT molecular complexity index is 1010. The Morgan fingerprint density at radius 2 is 1.79 bits per heavy atom. The summed E-state index contributed by atoms with van der Waals surface area (Å²) < 4.78 is 0. The largest absolute Gasteiger partial charge is 0.320 e. The smallest absolute Gasteiger partial charge is 0.259 e. The molecule has 3 rings (SSSR count). The molecule has 0 aliphatic carbocycles. The molecule has 1 aromatic carbocycles. The number of hydrogen-bond acceptors (Lipinski definition) is 3. The van der Waals surface area contributed by atoms with E-state index in [1.165, 1.54) is 6.08 Å². The van der Waals surface area contributed by atoms with Gasteiger partial charge in [0.2, 0.25) is 0 Å². The van der Waals surface area contributed by atoms with Gasteiger partial charge in [-0.15, -0.1) is 0 Å². The molecule has 3 aromatic rings. The molecule has 24 heavy (non-hydrogen) atoms. The van der Waals surface area contributed by atoms with Crippen molar-refractivity contribution >= 4 is 22.8 Å². The van der Waals surface area contributed by atoms with Crippen LogP contribution in [-0.4, -0.2) is 15.8 Å². The summed E-state index contributed by atoms with van der Waals surface area (Å²) in [5, 5.41) is 0.842. The van der Waals surface area contributed by atoms with Gasteiger partial charge in [0.1, 0.15) is 0 Å². The lowest BCUT2D eigenvalue weighted by Crippen LogP contribution is -2.19. The number of pyridine rings is 2. The molecule has 0 unspecified atom stereocenters. The predicted octanol–water partition coefficient (Wildman–Crippen LogP) is 3.74. The molecule has 4 nitrogen and oxygen atoms in total. The van der Waals surface area contributed by atoms with Crippen molar-refractivity contribution in [3.05, 3.63) is 80.9 Å². The average molecular weight is 318 g/mol. The van der Waals surface area contributed by atoms with E-state index < -0.39 is 0 Å². The molecule has 0 fully saturated rings. The fourth-order valence-electron chi connectivity index (χ4n) is 2.75. The quantitative estimate of drug-likeness (QED) is 0.591. The zero-order chi connectivity index (χ0) is 17.3. The molecule has 0 aliphatic rings. The highest BCUT2D eigenvalue weighted by molar-refractivity contribution is 6.09. The Hall–Kier alpha value is -3.01. The van der Waals surface area contributed by atoms with Crippen LogP contribution >= 0.6 is 0 Å². The molecule has 0 amide bonds. The number of aromatic amines is 1. The summed E-state index contributed by atoms with van der Waals surface area (Å²) in [6.07, 6.45) is 4.85. The number of carbonyl (C=O) groups is 1. The summed E-state index contributed by atoms with van der Waals surface area (Å²) in [5.74, 6) is -0.300. The van der Waals surface area contributed by atoms with Crippen LogP contribution in [0, 0.1) is 20.8 Å². The first-order valence-corrected chi connectivity index (χ1v) is 7.74. The standard InChI is InChI=1S/C20H18N2O2/c1-12-4-6-15(7-5-12)8-9-17(23)18-13(2)16-10-11-21-14(3)19(16)22-20(18)24/h4-11H,1-3H3,(H,22,24)/b9-8+. The fourth-order valence-corrected chi connectivity index (χ4v) is 2.75. The van der Waals surface area contributed by atoms with Crippen LogP contribution in [0.2, 0.25) is 0 Å². The summed E-state index contributed by atoms with van der Waals surface area (Å²) in [5.41, 5.74) is 3.97. The van der Waals surface area contributed by atoms with Crippen molar-refractivity contribution < 1.29 is 4.79 Å². The Balaban J connectivity index is 2.04. The van der Waals surface area contributed by atoms with E-state index in [1.54, 1.807) is 19.2 Å². The fraction of sp³-hybridized carbons (Fsp3) is 0.150. The number of nitrogens with one attached hydrogen (secondary N) is 1. The third-order valence-corrected chi connectivity index (χ3v) is 4.14. The Labute approximate surface area is 139 Å². The summed E-state index contributed by atoms with van der Waals surface area (Å²) in [4.78, 5) is 31.9. The van der Waals surface area contributed by atoms with Gasteiger partial charge in [0, 0.05) is 11.6 Å². The SMILES string of the molecule is Cc1ccc(/C=C/C(=O)c2c(C)c3ccnc(C)c3[nH]c2=O)cc1.